The number of para-hydroxylation sites is 1. The van der Waals surface area contributed by atoms with Crippen LogP contribution < -0.4 is 9.46 Å². The number of rotatable bonds is 6. The van der Waals surface area contributed by atoms with Gasteiger partial charge in [-0.3, -0.25) is 4.79 Å². The average Bonchev–Trinajstić information content (AvgIpc) is 3.22. The van der Waals surface area contributed by atoms with E-state index >= 15 is 0 Å². The van der Waals surface area contributed by atoms with E-state index in [2.05, 4.69) is 4.72 Å². The Labute approximate surface area is 169 Å². The fraction of sp³-hybridized carbons (Fsp3) is 0.381. The first-order valence-corrected chi connectivity index (χ1v) is 11.0. The summed E-state index contributed by atoms with van der Waals surface area (Å²) in [6.07, 6.45) is -0.132. The Balaban J connectivity index is 1.61. The number of methoxy groups -OCH3 is 1. The zero-order chi connectivity index (χ0) is 20.6. The molecule has 4 atom stereocenters. The maximum Gasteiger partial charge on any atom is 0.305 e. The number of nitrogens with one attached hydrogen (secondary N) is 1. The van der Waals surface area contributed by atoms with Crippen molar-refractivity contribution in [3.05, 3.63) is 59.7 Å². The lowest BCUT2D eigenvalue weighted by Gasteiger charge is -2.22. The first kappa shape index (κ1) is 19.9. The SMILES string of the molecule is COC(=O)CCc1cccc2c1OC1CC(O)C(NS(=O)(=O)c3ccccc3)C21. The summed E-state index contributed by atoms with van der Waals surface area (Å²) in [7, 11) is -2.43. The highest BCUT2D eigenvalue weighted by Gasteiger charge is 2.51. The second-order valence-electron chi connectivity index (χ2n) is 7.36. The minimum absolute atomic E-state index is 0.154. The molecule has 4 rings (SSSR count). The topological polar surface area (TPSA) is 102 Å². The number of aliphatic hydroxyl groups is 1. The third-order valence-corrected chi connectivity index (χ3v) is 7.08. The summed E-state index contributed by atoms with van der Waals surface area (Å²) in [6, 6.07) is 13.1. The Morgan fingerprint density at radius 2 is 1.97 bits per heavy atom. The van der Waals surface area contributed by atoms with Crippen molar-refractivity contribution in [2.24, 2.45) is 0 Å². The average molecular weight is 417 g/mol. The molecule has 2 aromatic carbocycles. The van der Waals surface area contributed by atoms with Crippen molar-refractivity contribution >= 4 is 16.0 Å². The Hall–Kier alpha value is -2.42. The normalized spacial score (nSPS) is 25.2. The molecule has 7 nitrogen and oxygen atoms in total. The van der Waals surface area contributed by atoms with Crippen LogP contribution in [0.1, 0.15) is 29.9 Å². The van der Waals surface area contributed by atoms with Crippen LogP contribution in [0.4, 0.5) is 0 Å². The van der Waals surface area contributed by atoms with Gasteiger partial charge in [-0.2, -0.15) is 0 Å². The van der Waals surface area contributed by atoms with Crippen molar-refractivity contribution in [1.82, 2.24) is 4.72 Å². The minimum Gasteiger partial charge on any atom is -0.489 e. The van der Waals surface area contributed by atoms with Crippen molar-refractivity contribution in [2.75, 3.05) is 7.11 Å². The predicted molar refractivity (Wildman–Crippen MR) is 105 cm³/mol. The first-order valence-electron chi connectivity index (χ1n) is 9.51. The Morgan fingerprint density at radius 1 is 1.21 bits per heavy atom. The number of ether oxygens (including phenoxy) is 2. The van der Waals surface area contributed by atoms with E-state index in [0.717, 1.165) is 11.1 Å². The van der Waals surface area contributed by atoms with Crippen LogP contribution in [0.15, 0.2) is 53.4 Å². The van der Waals surface area contributed by atoms with Gasteiger partial charge in [0.25, 0.3) is 0 Å². The van der Waals surface area contributed by atoms with Crippen molar-refractivity contribution in [1.29, 1.82) is 0 Å². The van der Waals surface area contributed by atoms with Crippen LogP contribution in [0.2, 0.25) is 0 Å². The molecule has 1 saturated carbocycles. The molecule has 0 saturated heterocycles. The molecule has 2 N–H and O–H groups in total. The summed E-state index contributed by atoms with van der Waals surface area (Å²) in [5.41, 5.74) is 1.73. The highest BCUT2D eigenvalue weighted by atomic mass is 32.2. The van der Waals surface area contributed by atoms with Gasteiger partial charge in [-0.05, 0) is 24.1 Å². The maximum absolute atomic E-state index is 12.8. The molecule has 1 heterocycles. The molecule has 2 aliphatic rings. The molecule has 1 aliphatic heterocycles. The Morgan fingerprint density at radius 3 is 2.69 bits per heavy atom. The molecule has 2 aromatic rings. The fourth-order valence-corrected chi connectivity index (χ4v) is 5.53. The summed E-state index contributed by atoms with van der Waals surface area (Å²) in [5.74, 6) is 0.0866. The molecular formula is C21H23NO6S. The van der Waals surface area contributed by atoms with Crippen LogP contribution in [0, 0.1) is 0 Å². The van der Waals surface area contributed by atoms with E-state index in [1.807, 2.05) is 18.2 Å². The molecule has 29 heavy (non-hydrogen) atoms. The molecule has 0 bridgehead atoms. The van der Waals surface area contributed by atoms with Gasteiger partial charge < -0.3 is 14.6 Å². The number of hydrogen-bond acceptors (Lipinski definition) is 6. The van der Waals surface area contributed by atoms with E-state index in [4.69, 9.17) is 9.47 Å². The Bertz CT molecular complexity index is 1010. The van der Waals surface area contributed by atoms with Gasteiger partial charge in [-0.15, -0.1) is 0 Å². The Kier molecular flexibility index (Phi) is 5.33. The molecule has 1 fully saturated rings. The van der Waals surface area contributed by atoms with E-state index < -0.39 is 22.2 Å². The summed E-state index contributed by atoms with van der Waals surface area (Å²) >= 11 is 0. The van der Waals surface area contributed by atoms with Crippen molar-refractivity contribution in [3.8, 4) is 5.75 Å². The number of carbonyl (C=O) groups excluding carboxylic acids is 1. The summed E-state index contributed by atoms with van der Waals surface area (Å²) in [4.78, 5) is 11.6. The summed E-state index contributed by atoms with van der Waals surface area (Å²) < 4.78 is 39.1. The molecule has 8 heteroatoms. The number of hydrogen-bond donors (Lipinski definition) is 2. The lowest BCUT2D eigenvalue weighted by molar-refractivity contribution is -0.140. The zero-order valence-corrected chi connectivity index (χ0v) is 16.8. The van der Waals surface area contributed by atoms with Crippen LogP contribution in [-0.4, -0.2) is 44.9 Å². The van der Waals surface area contributed by atoms with E-state index in [0.29, 0.717) is 18.6 Å². The number of aryl methyl sites for hydroxylation is 1. The van der Waals surface area contributed by atoms with Crippen LogP contribution in [0.3, 0.4) is 0 Å². The standard InChI is InChI=1S/C21H23NO6S/c1-27-18(24)11-10-13-6-5-9-15-19-17(28-21(13)15)12-16(23)20(19)22-29(25,26)14-7-3-2-4-8-14/h2-9,16-17,19-20,22-23H,10-12H2,1H3. The highest BCUT2D eigenvalue weighted by Crippen LogP contribution is 2.49. The largest absolute Gasteiger partial charge is 0.489 e. The fourth-order valence-electron chi connectivity index (χ4n) is 4.21. The van der Waals surface area contributed by atoms with Crippen LogP contribution in [0.5, 0.6) is 5.75 Å². The van der Waals surface area contributed by atoms with Gasteiger partial charge in [0.15, 0.2) is 0 Å². The second-order valence-corrected chi connectivity index (χ2v) is 9.07. The number of fused-ring (bicyclic) bond motifs is 3. The number of benzene rings is 2. The van der Waals surface area contributed by atoms with Crippen LogP contribution >= 0.6 is 0 Å². The van der Waals surface area contributed by atoms with E-state index in [1.165, 1.54) is 19.2 Å². The predicted octanol–water partition coefficient (Wildman–Crippen LogP) is 1.75. The van der Waals surface area contributed by atoms with Gasteiger partial charge in [0.2, 0.25) is 10.0 Å². The van der Waals surface area contributed by atoms with Gasteiger partial charge >= 0.3 is 5.97 Å². The second kappa shape index (κ2) is 7.78. The van der Waals surface area contributed by atoms with E-state index in [1.54, 1.807) is 18.2 Å². The monoisotopic (exact) mass is 417 g/mol. The molecule has 154 valence electrons. The summed E-state index contributed by atoms with van der Waals surface area (Å²) in [6.45, 7) is 0. The highest BCUT2D eigenvalue weighted by molar-refractivity contribution is 7.89. The van der Waals surface area contributed by atoms with E-state index in [-0.39, 0.29) is 29.3 Å². The molecule has 0 radical (unpaired) electrons. The van der Waals surface area contributed by atoms with Crippen molar-refractivity contribution < 1.29 is 27.8 Å². The van der Waals surface area contributed by atoms with E-state index in [9.17, 15) is 18.3 Å². The minimum atomic E-state index is -3.78. The smallest absolute Gasteiger partial charge is 0.305 e. The van der Waals surface area contributed by atoms with Crippen molar-refractivity contribution in [2.45, 2.75) is 48.3 Å². The molecule has 0 aromatic heterocycles. The third-order valence-electron chi connectivity index (χ3n) is 5.60. The van der Waals surface area contributed by atoms with Gasteiger partial charge in [0, 0.05) is 24.3 Å². The quantitative estimate of drug-likeness (QED) is 0.695. The molecular weight excluding hydrogens is 394 g/mol. The number of esters is 1. The van der Waals surface area contributed by atoms with Crippen molar-refractivity contribution in [3.63, 3.8) is 0 Å². The van der Waals surface area contributed by atoms with Crippen LogP contribution in [-0.2, 0) is 26.0 Å². The third kappa shape index (κ3) is 3.75. The number of aliphatic hydroxyl groups excluding tert-OH is 1. The lowest BCUT2D eigenvalue weighted by Crippen LogP contribution is -2.43. The first-order chi connectivity index (χ1) is 13.9. The molecule has 4 unspecified atom stereocenters. The van der Waals surface area contributed by atoms with Gasteiger partial charge in [0.05, 0.1) is 24.2 Å². The molecule has 1 aliphatic carbocycles. The number of carbonyl (C=O) groups is 1. The molecule has 0 amide bonds. The number of sulfonamides is 1. The maximum atomic E-state index is 12.8. The van der Waals surface area contributed by atoms with Crippen LogP contribution in [0.25, 0.3) is 0 Å². The van der Waals surface area contributed by atoms with Gasteiger partial charge in [-0.1, -0.05) is 36.4 Å². The summed E-state index contributed by atoms with van der Waals surface area (Å²) in [5, 5.41) is 10.5. The molecule has 0 spiro atoms. The van der Waals surface area contributed by atoms with Gasteiger partial charge in [-0.25, -0.2) is 13.1 Å². The zero-order valence-electron chi connectivity index (χ0n) is 15.9. The van der Waals surface area contributed by atoms with Gasteiger partial charge in [0.1, 0.15) is 11.9 Å². The lowest BCUT2D eigenvalue weighted by atomic mass is 9.92.